The summed E-state index contributed by atoms with van der Waals surface area (Å²) in [6.07, 6.45) is 4.81. The maximum Gasteiger partial charge on any atom is 0.327 e. The van der Waals surface area contributed by atoms with Gasteiger partial charge in [-0.15, -0.1) is 5.92 Å². The second-order valence-electron chi connectivity index (χ2n) is 8.24. The minimum Gasteiger partial charge on any atom is -0.481 e. The molecule has 2 N–H and O–H groups in total. The van der Waals surface area contributed by atoms with E-state index < -0.39 is 36.4 Å². The molecule has 1 aromatic rings. The molecule has 5 nitrogen and oxygen atoms in total. The van der Waals surface area contributed by atoms with Crippen molar-refractivity contribution in [2.45, 2.75) is 69.9 Å². The smallest absolute Gasteiger partial charge is 0.327 e. The van der Waals surface area contributed by atoms with Crippen LogP contribution in [0.1, 0.15) is 51.0 Å². The Labute approximate surface area is 188 Å². The fourth-order valence-corrected chi connectivity index (χ4v) is 3.61. The monoisotopic (exact) mass is 447 g/mol. The molecule has 2 rings (SSSR count). The second-order valence-corrected chi connectivity index (χ2v) is 8.24. The number of unbranched alkanes of at least 4 members (excludes halogenated alkanes) is 1. The van der Waals surface area contributed by atoms with Gasteiger partial charge in [-0.1, -0.05) is 55.3 Å². The van der Waals surface area contributed by atoms with Gasteiger partial charge in [0, 0.05) is 19.3 Å². The van der Waals surface area contributed by atoms with Crippen LogP contribution >= 0.6 is 0 Å². The number of carboxylic acids is 1. The molecule has 0 aromatic heterocycles. The molecule has 0 unspecified atom stereocenters. The van der Waals surface area contributed by atoms with Crippen LogP contribution in [0.15, 0.2) is 42.5 Å². The molecule has 1 heterocycles. The quantitative estimate of drug-likeness (QED) is 0.305. The predicted octanol–water partition coefficient (Wildman–Crippen LogP) is 4.06. The van der Waals surface area contributed by atoms with Crippen LogP contribution in [-0.2, 0) is 16.0 Å². The average molecular weight is 448 g/mol. The summed E-state index contributed by atoms with van der Waals surface area (Å²) < 4.78 is 27.9. The molecule has 1 aliphatic rings. The Morgan fingerprint density at radius 1 is 1.28 bits per heavy atom. The first kappa shape index (κ1) is 25.5. The Bertz CT molecular complexity index is 844. The van der Waals surface area contributed by atoms with Crippen molar-refractivity contribution in [3.8, 4) is 11.8 Å². The van der Waals surface area contributed by atoms with Crippen molar-refractivity contribution in [3.63, 3.8) is 0 Å². The summed E-state index contributed by atoms with van der Waals surface area (Å²) in [5.74, 6) is -0.266. The number of carboxylic acid groups (broad SMARTS) is 1. The first-order valence-corrected chi connectivity index (χ1v) is 11.0. The molecule has 0 saturated carbocycles. The first-order valence-electron chi connectivity index (χ1n) is 11.0. The first-order chi connectivity index (χ1) is 15.2. The lowest BCUT2D eigenvalue weighted by Crippen LogP contribution is -2.36. The van der Waals surface area contributed by atoms with Crippen LogP contribution in [0.4, 0.5) is 8.78 Å². The number of rotatable bonds is 11. The average Bonchev–Trinajstić information content (AvgIpc) is 2.97. The lowest BCUT2D eigenvalue weighted by Gasteiger charge is -2.20. The number of alkyl halides is 2. The van der Waals surface area contributed by atoms with Crippen molar-refractivity contribution in [2.24, 2.45) is 5.92 Å². The number of aliphatic carboxylic acids is 1. The number of aliphatic hydroxyl groups excluding tert-OH is 1. The molecule has 32 heavy (non-hydrogen) atoms. The normalized spacial score (nSPS) is 19.6. The Hall–Kier alpha value is -2.72. The molecule has 1 amide bonds. The van der Waals surface area contributed by atoms with Gasteiger partial charge in [-0.2, -0.15) is 8.78 Å². The highest BCUT2D eigenvalue weighted by Gasteiger charge is 2.52. The molecule has 1 aliphatic heterocycles. The highest BCUT2D eigenvalue weighted by Crippen LogP contribution is 2.34. The number of likely N-dealkylation sites (tertiary alicyclic amines) is 1. The van der Waals surface area contributed by atoms with Gasteiger partial charge in [-0.05, 0) is 37.2 Å². The topological polar surface area (TPSA) is 77.8 Å². The van der Waals surface area contributed by atoms with Crippen LogP contribution < -0.4 is 0 Å². The molecule has 7 heteroatoms. The number of hydrogen-bond donors (Lipinski definition) is 2. The zero-order valence-electron chi connectivity index (χ0n) is 18.3. The fourth-order valence-electron chi connectivity index (χ4n) is 3.61. The molecule has 0 spiro atoms. The van der Waals surface area contributed by atoms with Crippen LogP contribution in [-0.4, -0.2) is 51.6 Å². The van der Waals surface area contributed by atoms with Gasteiger partial charge in [0.05, 0.1) is 18.7 Å². The highest BCUT2D eigenvalue weighted by atomic mass is 19.3. The van der Waals surface area contributed by atoms with E-state index in [1.807, 2.05) is 25.1 Å². The van der Waals surface area contributed by atoms with Crippen LogP contribution in [0.5, 0.6) is 0 Å². The standard InChI is InChI=1S/C25H31F2NO4/c1-19(10-9-13-20-11-5-4-6-12-20)22(29)16-15-21-18-25(26,27)24(32)28(21)17-8-3-2-7-14-23(30)31/h4-6,11-12,15-16,19,21-22,29H,2,7,9-10,13-14,17-18H2,1H3,(H,30,31)/b16-15+/t19-,21-,22+/m0/s1. The molecule has 0 aliphatic carbocycles. The minimum atomic E-state index is -3.45. The highest BCUT2D eigenvalue weighted by molar-refractivity contribution is 5.86. The number of hydrogen-bond acceptors (Lipinski definition) is 3. The third-order valence-corrected chi connectivity index (χ3v) is 5.59. The van der Waals surface area contributed by atoms with Crippen LogP contribution in [0, 0.1) is 17.8 Å². The van der Waals surface area contributed by atoms with Crippen molar-refractivity contribution < 1.29 is 28.6 Å². The molecular weight excluding hydrogens is 416 g/mol. The SMILES string of the molecule is C[C@@H](CCCc1ccccc1)[C@H](O)/C=C/[C@H]1CC(F)(F)C(=O)N1CC#CCCCC(=O)O. The van der Waals surface area contributed by atoms with E-state index in [9.17, 15) is 23.5 Å². The van der Waals surface area contributed by atoms with Crippen molar-refractivity contribution >= 4 is 11.9 Å². The van der Waals surface area contributed by atoms with Crippen LogP contribution in [0.25, 0.3) is 0 Å². The van der Waals surface area contributed by atoms with Gasteiger partial charge < -0.3 is 15.1 Å². The number of amides is 1. The molecule has 0 radical (unpaired) electrons. The van der Waals surface area contributed by atoms with Gasteiger partial charge in [-0.25, -0.2) is 0 Å². The van der Waals surface area contributed by atoms with E-state index in [-0.39, 0.29) is 18.9 Å². The Morgan fingerprint density at radius 2 is 2.00 bits per heavy atom. The second kappa shape index (κ2) is 12.4. The van der Waals surface area contributed by atoms with Gasteiger partial charge in [-0.3, -0.25) is 9.59 Å². The van der Waals surface area contributed by atoms with Gasteiger partial charge >= 0.3 is 11.9 Å². The summed E-state index contributed by atoms with van der Waals surface area (Å²) in [4.78, 5) is 23.5. The van der Waals surface area contributed by atoms with E-state index in [1.165, 1.54) is 17.7 Å². The summed E-state index contributed by atoms with van der Waals surface area (Å²) in [6, 6.07) is 9.22. The third-order valence-electron chi connectivity index (χ3n) is 5.59. The Balaban J connectivity index is 1.87. The van der Waals surface area contributed by atoms with Crippen LogP contribution in [0.3, 0.4) is 0 Å². The lowest BCUT2D eigenvalue weighted by molar-refractivity contribution is -0.147. The summed E-state index contributed by atoms with van der Waals surface area (Å²) in [6.45, 7) is 1.76. The van der Waals surface area contributed by atoms with Crippen molar-refractivity contribution in [3.05, 3.63) is 48.0 Å². The number of aliphatic hydroxyl groups is 1. The number of halogens is 2. The van der Waals surface area contributed by atoms with Crippen LogP contribution in [0.2, 0.25) is 0 Å². The largest absolute Gasteiger partial charge is 0.481 e. The molecule has 1 aromatic carbocycles. The van der Waals surface area contributed by atoms with Gasteiger partial charge in [0.15, 0.2) is 0 Å². The number of aryl methyl sites for hydroxylation is 1. The number of benzene rings is 1. The van der Waals surface area contributed by atoms with E-state index in [0.717, 1.165) is 24.2 Å². The summed E-state index contributed by atoms with van der Waals surface area (Å²) in [5.41, 5.74) is 1.23. The molecule has 174 valence electrons. The van der Waals surface area contributed by atoms with E-state index >= 15 is 0 Å². The molecule has 3 atom stereocenters. The maximum atomic E-state index is 14.0. The molecule has 0 bridgehead atoms. The van der Waals surface area contributed by atoms with E-state index in [2.05, 4.69) is 24.0 Å². The predicted molar refractivity (Wildman–Crippen MR) is 118 cm³/mol. The number of nitrogens with zero attached hydrogens (tertiary/aromatic N) is 1. The molecule has 1 fully saturated rings. The van der Waals surface area contributed by atoms with Crippen molar-refractivity contribution in [1.82, 2.24) is 4.90 Å². The lowest BCUT2D eigenvalue weighted by atomic mass is 9.95. The number of carbonyl (C=O) groups excluding carboxylic acids is 1. The third kappa shape index (κ3) is 8.08. The van der Waals surface area contributed by atoms with E-state index in [4.69, 9.17) is 5.11 Å². The zero-order valence-corrected chi connectivity index (χ0v) is 18.3. The van der Waals surface area contributed by atoms with E-state index in [0.29, 0.717) is 12.8 Å². The molecule has 1 saturated heterocycles. The summed E-state index contributed by atoms with van der Waals surface area (Å²) in [7, 11) is 0. The van der Waals surface area contributed by atoms with E-state index in [1.54, 1.807) is 0 Å². The summed E-state index contributed by atoms with van der Waals surface area (Å²) >= 11 is 0. The number of carbonyl (C=O) groups is 2. The Morgan fingerprint density at radius 3 is 2.69 bits per heavy atom. The van der Waals surface area contributed by atoms with Crippen molar-refractivity contribution in [2.75, 3.05) is 6.54 Å². The van der Waals surface area contributed by atoms with Gasteiger partial charge in [0.1, 0.15) is 0 Å². The molecular formula is C25H31F2NO4. The zero-order chi connectivity index (χ0) is 23.6. The Kier molecular flexibility index (Phi) is 9.86. The van der Waals surface area contributed by atoms with Gasteiger partial charge in [0.2, 0.25) is 0 Å². The maximum absolute atomic E-state index is 14.0. The minimum absolute atomic E-state index is 0.0117. The fraction of sp³-hybridized carbons (Fsp3) is 0.520. The van der Waals surface area contributed by atoms with Gasteiger partial charge in [0.25, 0.3) is 5.91 Å². The summed E-state index contributed by atoms with van der Waals surface area (Å²) in [5, 5.41) is 19.0. The van der Waals surface area contributed by atoms with Crippen molar-refractivity contribution in [1.29, 1.82) is 0 Å².